The maximum absolute atomic E-state index is 13.5. The largest absolute Gasteiger partial charge is 0.495 e. The summed E-state index contributed by atoms with van der Waals surface area (Å²) in [6.45, 7) is 2.39. The number of nitrogens with zero attached hydrogens (tertiary/aromatic N) is 2. The van der Waals surface area contributed by atoms with Crippen LogP contribution in [0.4, 0.5) is 11.4 Å². The van der Waals surface area contributed by atoms with Crippen molar-refractivity contribution in [3.63, 3.8) is 0 Å². The number of pyridine rings is 2. The van der Waals surface area contributed by atoms with Gasteiger partial charge in [-0.2, -0.15) is 0 Å². The fourth-order valence-electron chi connectivity index (χ4n) is 3.67. The van der Waals surface area contributed by atoms with Crippen LogP contribution in [-0.2, 0) is 6.54 Å². The second kappa shape index (κ2) is 9.10. The Morgan fingerprint density at radius 3 is 2.19 bits per heavy atom. The number of anilines is 2. The van der Waals surface area contributed by atoms with E-state index in [0.717, 1.165) is 22.3 Å². The third-order valence-electron chi connectivity index (χ3n) is 5.22. The number of aromatic nitrogens is 2. The first-order chi connectivity index (χ1) is 15.5. The average molecular weight is 470 g/mol. The fourth-order valence-corrected chi connectivity index (χ4v) is 4.37. The number of hydrogen-bond acceptors (Lipinski definition) is 5. The molecular formula is C24H21Cl2N3O3. The van der Waals surface area contributed by atoms with Gasteiger partial charge in [-0.1, -0.05) is 29.3 Å². The number of nitrogens with one attached hydrogen (secondary N) is 1. The summed E-state index contributed by atoms with van der Waals surface area (Å²) < 4.78 is 12.4. The lowest BCUT2D eigenvalue weighted by Crippen LogP contribution is -2.21. The number of rotatable bonds is 6. The molecule has 0 saturated carbocycles. The molecule has 0 atom stereocenters. The predicted octanol–water partition coefficient (Wildman–Crippen LogP) is 6.15. The van der Waals surface area contributed by atoms with Gasteiger partial charge < -0.3 is 19.4 Å². The van der Waals surface area contributed by atoms with Crippen molar-refractivity contribution in [2.45, 2.75) is 13.5 Å². The van der Waals surface area contributed by atoms with Crippen molar-refractivity contribution in [3.8, 4) is 22.6 Å². The molecule has 0 aliphatic rings. The van der Waals surface area contributed by atoms with Crippen molar-refractivity contribution in [2.24, 2.45) is 0 Å². The van der Waals surface area contributed by atoms with Crippen LogP contribution in [0, 0.1) is 0 Å². The Kier molecular flexibility index (Phi) is 6.26. The minimum atomic E-state index is -0.208. The molecule has 0 aliphatic carbocycles. The Labute approximate surface area is 195 Å². The standard InChI is InChI=1S/C24H21Cl2N3O3/c1-4-29-18-12-16(28-15-7-9-27-10-8-15)6-5-14(18)11-17(24(29)30)21-22(25)19(31-2)13-20(32-3)23(21)26/h5-13H,4H2,1-3H3,(H,27,28). The van der Waals surface area contributed by atoms with Gasteiger partial charge in [0.05, 0.1) is 35.3 Å². The predicted molar refractivity (Wildman–Crippen MR) is 130 cm³/mol. The second-order valence-electron chi connectivity index (χ2n) is 7.03. The Morgan fingerprint density at radius 1 is 0.938 bits per heavy atom. The molecule has 0 spiro atoms. The molecular weight excluding hydrogens is 449 g/mol. The highest BCUT2D eigenvalue weighted by Crippen LogP contribution is 2.45. The summed E-state index contributed by atoms with van der Waals surface area (Å²) in [6, 6.07) is 13.0. The van der Waals surface area contributed by atoms with Crippen LogP contribution < -0.4 is 20.3 Å². The van der Waals surface area contributed by atoms with Crippen LogP contribution in [-0.4, -0.2) is 23.8 Å². The molecule has 0 saturated heterocycles. The van der Waals surface area contributed by atoms with Gasteiger partial charge in [0, 0.05) is 41.9 Å². The molecule has 0 amide bonds. The molecule has 2 aromatic heterocycles. The maximum atomic E-state index is 13.5. The van der Waals surface area contributed by atoms with E-state index >= 15 is 0 Å². The first kappa shape index (κ1) is 22.0. The van der Waals surface area contributed by atoms with Gasteiger partial charge in [0.25, 0.3) is 5.56 Å². The molecule has 164 valence electrons. The van der Waals surface area contributed by atoms with Gasteiger partial charge in [-0.05, 0) is 42.6 Å². The Hall–Kier alpha value is -3.22. The average Bonchev–Trinajstić information content (AvgIpc) is 2.80. The highest BCUT2D eigenvalue weighted by Gasteiger charge is 2.22. The van der Waals surface area contributed by atoms with Crippen molar-refractivity contribution in [3.05, 3.63) is 75.3 Å². The van der Waals surface area contributed by atoms with Crippen molar-refractivity contribution in [1.82, 2.24) is 9.55 Å². The number of methoxy groups -OCH3 is 2. The van der Waals surface area contributed by atoms with E-state index in [1.165, 1.54) is 14.2 Å². The van der Waals surface area contributed by atoms with Gasteiger partial charge in [0.2, 0.25) is 0 Å². The third-order valence-corrected chi connectivity index (χ3v) is 5.98. The molecule has 2 aromatic carbocycles. The fraction of sp³-hybridized carbons (Fsp3) is 0.167. The van der Waals surface area contributed by atoms with Crippen LogP contribution in [0.3, 0.4) is 0 Å². The molecule has 0 bridgehead atoms. The normalized spacial score (nSPS) is 10.9. The molecule has 0 unspecified atom stereocenters. The lowest BCUT2D eigenvalue weighted by Gasteiger charge is -2.17. The lowest BCUT2D eigenvalue weighted by molar-refractivity contribution is 0.395. The summed E-state index contributed by atoms with van der Waals surface area (Å²) in [5.74, 6) is 0.754. The van der Waals surface area contributed by atoms with E-state index in [2.05, 4.69) is 10.3 Å². The minimum absolute atomic E-state index is 0.208. The number of ether oxygens (including phenoxy) is 2. The van der Waals surface area contributed by atoms with E-state index in [-0.39, 0.29) is 15.6 Å². The summed E-state index contributed by atoms with van der Waals surface area (Å²) >= 11 is 13.2. The van der Waals surface area contributed by atoms with Crippen molar-refractivity contribution < 1.29 is 9.47 Å². The zero-order valence-corrected chi connectivity index (χ0v) is 19.3. The summed E-state index contributed by atoms with van der Waals surface area (Å²) in [6.07, 6.45) is 3.43. The van der Waals surface area contributed by atoms with Crippen molar-refractivity contribution in [2.75, 3.05) is 19.5 Å². The number of halogens is 2. The lowest BCUT2D eigenvalue weighted by atomic mass is 10.0. The van der Waals surface area contributed by atoms with Crippen LogP contribution in [0.15, 0.2) is 59.7 Å². The van der Waals surface area contributed by atoms with Gasteiger partial charge in [-0.3, -0.25) is 9.78 Å². The molecule has 1 N–H and O–H groups in total. The molecule has 6 nitrogen and oxygen atoms in total. The molecule has 2 heterocycles. The van der Waals surface area contributed by atoms with Gasteiger partial charge in [-0.15, -0.1) is 0 Å². The van der Waals surface area contributed by atoms with Crippen LogP contribution in [0.2, 0.25) is 10.0 Å². The Bertz CT molecular complexity index is 1330. The van der Waals surface area contributed by atoms with Crippen molar-refractivity contribution in [1.29, 1.82) is 0 Å². The van der Waals surface area contributed by atoms with E-state index in [1.54, 1.807) is 29.1 Å². The zero-order chi connectivity index (χ0) is 22.8. The smallest absolute Gasteiger partial charge is 0.259 e. The van der Waals surface area contributed by atoms with Gasteiger partial charge in [0.1, 0.15) is 11.5 Å². The Balaban J connectivity index is 1.93. The Morgan fingerprint density at radius 2 is 1.59 bits per heavy atom. The molecule has 4 rings (SSSR count). The van der Waals surface area contributed by atoms with Crippen LogP contribution >= 0.6 is 23.2 Å². The molecule has 8 heteroatoms. The number of fused-ring (bicyclic) bond motifs is 1. The van der Waals surface area contributed by atoms with E-state index in [9.17, 15) is 4.79 Å². The highest BCUT2D eigenvalue weighted by atomic mass is 35.5. The first-order valence-corrected chi connectivity index (χ1v) is 10.7. The SMILES string of the molecule is CCn1c(=O)c(-c2c(Cl)c(OC)cc(OC)c2Cl)cc2ccc(Nc3ccncc3)cc21. The zero-order valence-electron chi connectivity index (χ0n) is 17.8. The van der Waals surface area contributed by atoms with Gasteiger partial charge >= 0.3 is 0 Å². The summed E-state index contributed by atoms with van der Waals surface area (Å²) in [5.41, 5.74) is 3.11. The number of hydrogen-bond donors (Lipinski definition) is 1. The molecule has 4 aromatic rings. The molecule has 0 aliphatic heterocycles. The topological polar surface area (TPSA) is 65.4 Å². The van der Waals surface area contributed by atoms with E-state index in [1.807, 2.05) is 37.3 Å². The van der Waals surface area contributed by atoms with Crippen LogP contribution in [0.5, 0.6) is 11.5 Å². The molecule has 32 heavy (non-hydrogen) atoms. The second-order valence-corrected chi connectivity index (χ2v) is 7.78. The van der Waals surface area contributed by atoms with Crippen LogP contribution in [0.1, 0.15) is 6.92 Å². The van der Waals surface area contributed by atoms with Gasteiger partial charge in [-0.25, -0.2) is 0 Å². The third kappa shape index (κ3) is 3.87. The summed E-state index contributed by atoms with van der Waals surface area (Å²) in [4.78, 5) is 17.6. The molecule has 0 fully saturated rings. The first-order valence-electron chi connectivity index (χ1n) is 9.93. The van der Waals surface area contributed by atoms with Crippen LogP contribution in [0.25, 0.3) is 22.0 Å². The molecule has 0 radical (unpaired) electrons. The van der Waals surface area contributed by atoms with E-state index < -0.39 is 0 Å². The minimum Gasteiger partial charge on any atom is -0.495 e. The summed E-state index contributed by atoms with van der Waals surface area (Å²) in [5, 5.41) is 4.72. The van der Waals surface area contributed by atoms with Gasteiger partial charge in [0.15, 0.2) is 0 Å². The highest BCUT2D eigenvalue weighted by molar-refractivity contribution is 6.41. The van der Waals surface area contributed by atoms with E-state index in [0.29, 0.717) is 29.2 Å². The van der Waals surface area contributed by atoms with Crippen molar-refractivity contribution >= 4 is 45.5 Å². The number of benzene rings is 2. The quantitative estimate of drug-likeness (QED) is 0.366. The summed E-state index contributed by atoms with van der Waals surface area (Å²) in [7, 11) is 3.00. The number of aryl methyl sites for hydroxylation is 1. The van der Waals surface area contributed by atoms with E-state index in [4.69, 9.17) is 32.7 Å². The monoisotopic (exact) mass is 469 g/mol. The maximum Gasteiger partial charge on any atom is 0.259 e.